The van der Waals surface area contributed by atoms with Crippen LogP contribution >= 0.6 is 11.6 Å². The zero-order chi connectivity index (χ0) is 13.0. The number of ether oxygens (including phenoxy) is 1. The van der Waals surface area contributed by atoms with Gasteiger partial charge in [-0.25, -0.2) is 0 Å². The first-order valence-electron chi connectivity index (χ1n) is 6.72. The third-order valence-electron chi connectivity index (χ3n) is 3.62. The average molecular weight is 269 g/mol. The summed E-state index contributed by atoms with van der Waals surface area (Å²) in [7, 11) is 0. The number of hydrogen-bond acceptors (Lipinski definition) is 2. The topological polar surface area (TPSA) is 29.5 Å². The normalized spacial score (nSPS) is 21.8. The third-order valence-corrected chi connectivity index (χ3v) is 4.02. The smallest absolute Gasteiger partial charge is 0.0791 e. The molecule has 0 aromatic heterocycles. The Balaban J connectivity index is 1.86. The Bertz CT molecular complexity index is 386. The molecule has 0 saturated carbocycles. The molecule has 100 valence electrons. The average Bonchev–Trinajstić information content (AvgIpc) is 2.40. The van der Waals surface area contributed by atoms with Gasteiger partial charge in [0.05, 0.1) is 12.2 Å². The molecule has 2 nitrogen and oxygen atoms in total. The van der Waals surface area contributed by atoms with Crippen LogP contribution in [0.3, 0.4) is 0 Å². The molecular weight excluding hydrogens is 248 g/mol. The molecular formula is C15H21ClO2. The quantitative estimate of drug-likeness (QED) is 0.893. The highest BCUT2D eigenvalue weighted by molar-refractivity contribution is 6.31. The lowest BCUT2D eigenvalue weighted by Crippen LogP contribution is -2.19. The van der Waals surface area contributed by atoms with Gasteiger partial charge in [-0.1, -0.05) is 23.7 Å². The van der Waals surface area contributed by atoms with Gasteiger partial charge in [-0.05, 0) is 56.2 Å². The van der Waals surface area contributed by atoms with Crippen LogP contribution in [0, 0.1) is 6.92 Å². The van der Waals surface area contributed by atoms with Crippen molar-refractivity contribution in [3.8, 4) is 0 Å². The van der Waals surface area contributed by atoms with Gasteiger partial charge in [0.25, 0.3) is 0 Å². The van der Waals surface area contributed by atoms with Crippen molar-refractivity contribution in [3.05, 3.63) is 34.3 Å². The minimum absolute atomic E-state index is 0.328. The first kappa shape index (κ1) is 13.9. The summed E-state index contributed by atoms with van der Waals surface area (Å²) in [6.07, 6.45) is 5.10. The van der Waals surface area contributed by atoms with Gasteiger partial charge in [0.1, 0.15) is 0 Å². The molecule has 0 spiro atoms. The summed E-state index contributed by atoms with van der Waals surface area (Å²) in [6, 6.07) is 5.77. The van der Waals surface area contributed by atoms with Gasteiger partial charge in [-0.3, -0.25) is 0 Å². The van der Waals surface area contributed by atoms with Crippen LogP contribution in [0.25, 0.3) is 0 Å². The van der Waals surface area contributed by atoms with E-state index in [0.717, 1.165) is 42.0 Å². The number of rotatable bonds is 4. The maximum Gasteiger partial charge on any atom is 0.0791 e. The Morgan fingerprint density at radius 2 is 2.28 bits per heavy atom. The Labute approximate surface area is 114 Å². The summed E-state index contributed by atoms with van der Waals surface area (Å²) in [6.45, 7) is 2.84. The van der Waals surface area contributed by atoms with Crippen molar-refractivity contribution in [1.82, 2.24) is 0 Å². The highest BCUT2D eigenvalue weighted by Crippen LogP contribution is 2.26. The molecule has 1 aliphatic rings. The zero-order valence-electron chi connectivity index (χ0n) is 10.9. The van der Waals surface area contributed by atoms with Crippen LogP contribution in [0.5, 0.6) is 0 Å². The first-order valence-corrected chi connectivity index (χ1v) is 7.10. The van der Waals surface area contributed by atoms with Gasteiger partial charge in [0.2, 0.25) is 0 Å². The van der Waals surface area contributed by atoms with Crippen molar-refractivity contribution in [2.45, 2.75) is 51.2 Å². The molecule has 2 atom stereocenters. The summed E-state index contributed by atoms with van der Waals surface area (Å²) >= 11 is 6.07. The second-order valence-electron chi connectivity index (χ2n) is 5.09. The Kier molecular flexibility index (Phi) is 5.04. The number of aliphatic hydroxyl groups excluding tert-OH is 1. The van der Waals surface area contributed by atoms with Gasteiger partial charge < -0.3 is 9.84 Å². The van der Waals surface area contributed by atoms with Crippen LogP contribution in [0.2, 0.25) is 5.02 Å². The molecule has 18 heavy (non-hydrogen) atoms. The van der Waals surface area contributed by atoms with Crippen LogP contribution in [0.15, 0.2) is 18.2 Å². The van der Waals surface area contributed by atoms with E-state index in [4.69, 9.17) is 16.3 Å². The van der Waals surface area contributed by atoms with E-state index in [0.29, 0.717) is 6.10 Å². The zero-order valence-corrected chi connectivity index (χ0v) is 11.6. The minimum atomic E-state index is -0.436. The SMILES string of the molecule is Cc1ccc(C(O)CCC2CCCCO2)cc1Cl. The maximum absolute atomic E-state index is 10.2. The van der Waals surface area contributed by atoms with Crippen molar-refractivity contribution < 1.29 is 9.84 Å². The van der Waals surface area contributed by atoms with Crippen molar-refractivity contribution >= 4 is 11.6 Å². The van der Waals surface area contributed by atoms with Crippen LogP contribution in [-0.2, 0) is 4.74 Å². The molecule has 2 rings (SSSR count). The molecule has 0 radical (unpaired) electrons. The standard InChI is InChI=1S/C15H21ClO2/c1-11-5-6-12(10-14(11)16)15(17)8-7-13-4-2-3-9-18-13/h5-6,10,13,15,17H,2-4,7-9H2,1H3. The van der Waals surface area contributed by atoms with Gasteiger partial charge in [0, 0.05) is 11.6 Å². The molecule has 1 aromatic carbocycles. The predicted octanol–water partition coefficient (Wildman–Crippen LogP) is 4.03. The van der Waals surface area contributed by atoms with Crippen molar-refractivity contribution in [2.75, 3.05) is 6.61 Å². The lowest BCUT2D eigenvalue weighted by atomic mass is 9.98. The minimum Gasteiger partial charge on any atom is -0.388 e. The summed E-state index contributed by atoms with van der Waals surface area (Å²) in [4.78, 5) is 0. The summed E-state index contributed by atoms with van der Waals surface area (Å²) in [5.74, 6) is 0. The van der Waals surface area contributed by atoms with E-state index in [1.807, 2.05) is 25.1 Å². The molecule has 1 aromatic rings. The predicted molar refractivity (Wildman–Crippen MR) is 74.0 cm³/mol. The molecule has 1 heterocycles. The second-order valence-corrected chi connectivity index (χ2v) is 5.50. The van der Waals surface area contributed by atoms with E-state index in [1.54, 1.807) is 0 Å². The summed E-state index contributed by atoms with van der Waals surface area (Å²) in [5, 5.41) is 10.9. The van der Waals surface area contributed by atoms with E-state index in [1.165, 1.54) is 12.8 Å². The van der Waals surface area contributed by atoms with E-state index in [-0.39, 0.29) is 0 Å². The van der Waals surface area contributed by atoms with Crippen LogP contribution in [-0.4, -0.2) is 17.8 Å². The fourth-order valence-corrected chi connectivity index (χ4v) is 2.55. The van der Waals surface area contributed by atoms with Crippen molar-refractivity contribution in [2.24, 2.45) is 0 Å². The van der Waals surface area contributed by atoms with E-state index >= 15 is 0 Å². The molecule has 1 aliphatic heterocycles. The Morgan fingerprint density at radius 3 is 2.94 bits per heavy atom. The number of hydrogen-bond donors (Lipinski definition) is 1. The lowest BCUT2D eigenvalue weighted by Gasteiger charge is -2.23. The molecule has 1 fully saturated rings. The number of benzene rings is 1. The van der Waals surface area contributed by atoms with Gasteiger partial charge in [0.15, 0.2) is 0 Å². The lowest BCUT2D eigenvalue weighted by molar-refractivity contribution is 0.00213. The molecule has 0 aliphatic carbocycles. The van der Waals surface area contributed by atoms with Crippen LogP contribution in [0.4, 0.5) is 0 Å². The molecule has 3 heteroatoms. The van der Waals surface area contributed by atoms with E-state index in [9.17, 15) is 5.11 Å². The fourth-order valence-electron chi connectivity index (χ4n) is 2.36. The largest absolute Gasteiger partial charge is 0.388 e. The van der Waals surface area contributed by atoms with Gasteiger partial charge in [-0.2, -0.15) is 0 Å². The third kappa shape index (κ3) is 3.71. The van der Waals surface area contributed by atoms with Gasteiger partial charge >= 0.3 is 0 Å². The number of aryl methyl sites for hydroxylation is 1. The number of halogens is 1. The maximum atomic E-state index is 10.2. The highest BCUT2D eigenvalue weighted by atomic mass is 35.5. The monoisotopic (exact) mass is 268 g/mol. The highest BCUT2D eigenvalue weighted by Gasteiger charge is 2.16. The Morgan fingerprint density at radius 1 is 1.44 bits per heavy atom. The van der Waals surface area contributed by atoms with Crippen molar-refractivity contribution in [3.63, 3.8) is 0 Å². The molecule has 1 saturated heterocycles. The summed E-state index contributed by atoms with van der Waals surface area (Å²) < 4.78 is 5.67. The van der Waals surface area contributed by atoms with E-state index in [2.05, 4.69) is 0 Å². The summed E-state index contributed by atoms with van der Waals surface area (Å²) in [5.41, 5.74) is 1.95. The van der Waals surface area contributed by atoms with E-state index < -0.39 is 6.10 Å². The molecule has 0 bridgehead atoms. The van der Waals surface area contributed by atoms with Crippen molar-refractivity contribution in [1.29, 1.82) is 0 Å². The molecule has 1 N–H and O–H groups in total. The second kappa shape index (κ2) is 6.55. The van der Waals surface area contributed by atoms with Gasteiger partial charge in [-0.15, -0.1) is 0 Å². The number of aliphatic hydroxyl groups is 1. The fraction of sp³-hybridized carbons (Fsp3) is 0.600. The van der Waals surface area contributed by atoms with Crippen LogP contribution in [0.1, 0.15) is 49.3 Å². The first-order chi connectivity index (χ1) is 8.66. The Hall–Kier alpha value is -0.570. The molecule has 0 amide bonds. The van der Waals surface area contributed by atoms with Crippen LogP contribution < -0.4 is 0 Å². The molecule has 2 unspecified atom stereocenters.